The molecule has 0 saturated carbocycles. The van der Waals surface area contributed by atoms with Gasteiger partial charge in [0.2, 0.25) is 0 Å². The highest BCUT2D eigenvalue weighted by Crippen LogP contribution is 2.19. The normalized spacial score (nSPS) is 10.7. The summed E-state index contributed by atoms with van der Waals surface area (Å²) in [4.78, 5) is 0. The van der Waals surface area contributed by atoms with Gasteiger partial charge in [0.15, 0.2) is 0 Å². The van der Waals surface area contributed by atoms with Crippen molar-refractivity contribution in [1.82, 2.24) is 0 Å². The molecule has 0 spiro atoms. The Hall–Kier alpha value is -1.34. The molecule has 0 aromatic heterocycles. The van der Waals surface area contributed by atoms with Crippen LogP contribution in [-0.2, 0) is 6.42 Å². The minimum absolute atomic E-state index is 1.19. The largest absolute Gasteiger partial charge is 0.0985 e. The van der Waals surface area contributed by atoms with Gasteiger partial charge in [-0.2, -0.15) is 0 Å². The monoisotopic (exact) mass is 212 g/mol. The maximum Gasteiger partial charge on any atom is 0.00321 e. The van der Waals surface area contributed by atoms with Gasteiger partial charge in [-0.3, -0.25) is 0 Å². The highest BCUT2D eigenvalue weighted by atomic mass is 28.1. The van der Waals surface area contributed by atoms with E-state index in [0.717, 1.165) is 0 Å². The zero-order valence-corrected chi connectivity index (χ0v) is 11.2. The van der Waals surface area contributed by atoms with E-state index < -0.39 is 0 Å². The first kappa shape index (κ1) is 10.2. The lowest BCUT2D eigenvalue weighted by Gasteiger charge is -2.03. The first-order valence-corrected chi connectivity index (χ1v) is 6.90. The maximum absolute atomic E-state index is 3.79. The predicted octanol–water partition coefficient (Wildman–Crippen LogP) is 2.81. The van der Waals surface area contributed by atoms with Gasteiger partial charge in [0, 0.05) is 10.2 Å². The van der Waals surface area contributed by atoms with Crippen molar-refractivity contribution in [3.63, 3.8) is 0 Å². The second-order valence-electron chi connectivity index (χ2n) is 3.90. The van der Waals surface area contributed by atoms with Gasteiger partial charge < -0.3 is 0 Å². The van der Waals surface area contributed by atoms with E-state index in [1.54, 1.807) is 0 Å². The number of hydrogen-bond donors (Lipinski definition) is 0. The van der Waals surface area contributed by atoms with Crippen molar-refractivity contribution in [2.24, 2.45) is 0 Å². The molecular weight excluding hydrogens is 196 g/mol. The Morgan fingerprint density at radius 3 is 2.53 bits per heavy atom. The molecule has 0 unspecified atom stereocenters. The van der Waals surface area contributed by atoms with E-state index in [2.05, 4.69) is 43.0 Å². The van der Waals surface area contributed by atoms with Crippen molar-refractivity contribution < 1.29 is 0 Å². The van der Waals surface area contributed by atoms with Crippen LogP contribution in [0.2, 0.25) is 6.04 Å². The minimum Gasteiger partial charge on any atom is -0.0985 e. The van der Waals surface area contributed by atoms with E-state index in [9.17, 15) is 0 Å². The number of hydrogen-bond acceptors (Lipinski definition) is 0. The van der Waals surface area contributed by atoms with E-state index in [4.69, 9.17) is 0 Å². The van der Waals surface area contributed by atoms with Crippen LogP contribution in [0.15, 0.2) is 43.0 Å². The molecule has 0 amide bonds. The molecule has 0 aliphatic rings. The van der Waals surface area contributed by atoms with Crippen molar-refractivity contribution in [2.45, 2.75) is 12.5 Å². The highest BCUT2D eigenvalue weighted by molar-refractivity contribution is 6.08. The fourth-order valence-corrected chi connectivity index (χ4v) is 2.46. The summed E-state index contributed by atoms with van der Waals surface area (Å²) in [5, 5.41) is 2.65. The van der Waals surface area contributed by atoms with Crippen molar-refractivity contribution in [3.05, 3.63) is 54.1 Å². The standard InChI is InChI=1S/C14H16Si/c1-2-11-3-5-14-10-12(7-8-15)4-6-13(14)9-11/h2-6,9-10H,1,7-8H2,15H3. The van der Waals surface area contributed by atoms with E-state index in [1.807, 2.05) is 6.08 Å². The van der Waals surface area contributed by atoms with Crippen molar-refractivity contribution in [1.29, 1.82) is 0 Å². The summed E-state index contributed by atoms with van der Waals surface area (Å²) in [6, 6.07) is 14.6. The first-order valence-electron chi connectivity index (χ1n) is 5.48. The zero-order chi connectivity index (χ0) is 10.7. The minimum atomic E-state index is 1.19. The zero-order valence-electron chi connectivity index (χ0n) is 9.16. The molecule has 2 rings (SSSR count). The maximum atomic E-state index is 3.79. The third-order valence-corrected chi connectivity index (χ3v) is 3.20. The van der Waals surface area contributed by atoms with Gasteiger partial charge in [0.25, 0.3) is 0 Å². The molecule has 2 aromatic rings. The Balaban J connectivity index is 2.49. The van der Waals surface area contributed by atoms with Crippen LogP contribution < -0.4 is 0 Å². The molecule has 0 fully saturated rings. The van der Waals surface area contributed by atoms with E-state index in [0.29, 0.717) is 0 Å². The molecule has 0 aliphatic carbocycles. The Labute approximate surface area is 94.1 Å². The quantitative estimate of drug-likeness (QED) is 0.686. The molecule has 1 heteroatoms. The Morgan fingerprint density at radius 1 is 1.07 bits per heavy atom. The molecule has 0 aliphatic heterocycles. The van der Waals surface area contributed by atoms with Crippen LogP contribution in [-0.4, -0.2) is 10.2 Å². The van der Waals surface area contributed by atoms with Crippen LogP contribution in [0.4, 0.5) is 0 Å². The van der Waals surface area contributed by atoms with E-state index in [-0.39, 0.29) is 0 Å². The highest BCUT2D eigenvalue weighted by Gasteiger charge is 1.96. The smallest absolute Gasteiger partial charge is 0.00321 e. The topological polar surface area (TPSA) is 0 Å². The van der Waals surface area contributed by atoms with Crippen LogP contribution in [0.25, 0.3) is 16.8 Å². The molecule has 0 heterocycles. The Bertz CT molecular complexity index is 486. The number of fused-ring (bicyclic) bond motifs is 1. The fraction of sp³-hybridized carbons (Fsp3) is 0.143. The average molecular weight is 212 g/mol. The fourth-order valence-electron chi connectivity index (χ4n) is 1.88. The van der Waals surface area contributed by atoms with Gasteiger partial charge in [0.1, 0.15) is 0 Å². The van der Waals surface area contributed by atoms with E-state index in [1.165, 1.54) is 44.6 Å². The van der Waals surface area contributed by atoms with Crippen molar-refractivity contribution >= 4 is 27.1 Å². The van der Waals surface area contributed by atoms with Gasteiger partial charge in [-0.15, -0.1) is 0 Å². The predicted molar refractivity (Wildman–Crippen MR) is 72.5 cm³/mol. The third-order valence-electron chi connectivity index (χ3n) is 2.70. The number of rotatable bonds is 3. The van der Waals surface area contributed by atoms with Gasteiger partial charge in [0.05, 0.1) is 0 Å². The van der Waals surface area contributed by atoms with Gasteiger partial charge in [-0.05, 0) is 34.4 Å². The molecular formula is C14H16Si. The van der Waals surface area contributed by atoms with Crippen molar-refractivity contribution in [3.8, 4) is 0 Å². The SMILES string of the molecule is C=Cc1ccc2cc(CC[SiH3])ccc2c1. The molecule has 0 saturated heterocycles. The van der Waals surface area contributed by atoms with Crippen LogP contribution in [0, 0.1) is 0 Å². The number of benzene rings is 2. The Kier molecular flexibility index (Phi) is 3.02. The van der Waals surface area contributed by atoms with Gasteiger partial charge in [-0.1, -0.05) is 49.0 Å². The lowest BCUT2D eigenvalue weighted by Crippen LogP contribution is -1.84. The lowest BCUT2D eigenvalue weighted by molar-refractivity contribution is 1.14. The summed E-state index contributed by atoms with van der Waals surface area (Å²) in [7, 11) is 1.29. The summed E-state index contributed by atoms with van der Waals surface area (Å²) in [6.45, 7) is 3.79. The molecule has 15 heavy (non-hydrogen) atoms. The van der Waals surface area contributed by atoms with Crippen molar-refractivity contribution in [2.75, 3.05) is 0 Å². The second kappa shape index (κ2) is 4.45. The second-order valence-corrected chi connectivity index (χ2v) is 4.90. The average Bonchev–Trinajstić information content (AvgIpc) is 2.29. The third kappa shape index (κ3) is 2.18. The lowest BCUT2D eigenvalue weighted by atomic mass is 10.0. The summed E-state index contributed by atoms with van der Waals surface area (Å²) in [5.41, 5.74) is 2.65. The van der Waals surface area contributed by atoms with Crippen LogP contribution in [0.3, 0.4) is 0 Å². The molecule has 0 atom stereocenters. The molecule has 0 nitrogen and oxygen atoms in total. The molecule has 0 N–H and O–H groups in total. The van der Waals surface area contributed by atoms with Gasteiger partial charge in [-0.25, -0.2) is 0 Å². The van der Waals surface area contributed by atoms with E-state index >= 15 is 0 Å². The molecule has 0 bridgehead atoms. The summed E-state index contributed by atoms with van der Waals surface area (Å²) >= 11 is 0. The summed E-state index contributed by atoms with van der Waals surface area (Å²) in [6.07, 6.45) is 3.12. The number of aryl methyl sites for hydroxylation is 1. The summed E-state index contributed by atoms with van der Waals surface area (Å²) < 4.78 is 0. The van der Waals surface area contributed by atoms with Gasteiger partial charge >= 0.3 is 0 Å². The first-order chi connectivity index (χ1) is 7.33. The molecule has 2 aromatic carbocycles. The van der Waals surface area contributed by atoms with Crippen LogP contribution in [0.5, 0.6) is 0 Å². The molecule has 0 radical (unpaired) electrons. The van der Waals surface area contributed by atoms with Crippen LogP contribution >= 0.6 is 0 Å². The Morgan fingerprint density at radius 2 is 1.80 bits per heavy atom. The molecule has 76 valence electrons. The summed E-state index contributed by atoms with van der Waals surface area (Å²) in [5.74, 6) is 0. The van der Waals surface area contributed by atoms with Crippen LogP contribution in [0.1, 0.15) is 11.1 Å².